The zero-order chi connectivity index (χ0) is 14.1. The van der Waals surface area contributed by atoms with Crippen molar-refractivity contribution in [3.63, 3.8) is 0 Å². The van der Waals surface area contributed by atoms with Crippen LogP contribution in [0.2, 0.25) is 0 Å². The standard InChI is InChI=1S/C15H19N5/c1-19-10-11(6-12(19)7-16)8-17-14-4-3-5-15-13(14)9-18-20(15)2/h6,9-10,14,17H,3-5,8H2,1-2H3. The molecule has 1 aliphatic rings. The molecule has 0 spiro atoms. The third-order valence-corrected chi connectivity index (χ3v) is 4.10. The van der Waals surface area contributed by atoms with E-state index in [0.29, 0.717) is 11.7 Å². The summed E-state index contributed by atoms with van der Waals surface area (Å²) in [5, 5.41) is 16.9. The Morgan fingerprint density at radius 3 is 3.10 bits per heavy atom. The van der Waals surface area contributed by atoms with Crippen LogP contribution in [0.4, 0.5) is 0 Å². The molecule has 20 heavy (non-hydrogen) atoms. The molecule has 1 unspecified atom stereocenters. The summed E-state index contributed by atoms with van der Waals surface area (Å²) in [5.41, 5.74) is 4.53. The van der Waals surface area contributed by atoms with E-state index in [-0.39, 0.29) is 0 Å². The molecule has 104 valence electrons. The highest BCUT2D eigenvalue weighted by Crippen LogP contribution is 2.29. The van der Waals surface area contributed by atoms with Crippen LogP contribution in [0.25, 0.3) is 0 Å². The highest BCUT2D eigenvalue weighted by molar-refractivity contribution is 5.29. The molecule has 1 atom stereocenters. The van der Waals surface area contributed by atoms with Crippen molar-refractivity contribution >= 4 is 0 Å². The SMILES string of the molecule is Cn1cc(CNC2CCCc3c2cnn3C)cc1C#N. The lowest BCUT2D eigenvalue weighted by atomic mass is 9.93. The third-order valence-electron chi connectivity index (χ3n) is 4.10. The summed E-state index contributed by atoms with van der Waals surface area (Å²) in [7, 11) is 3.92. The number of aromatic nitrogens is 3. The van der Waals surface area contributed by atoms with Crippen molar-refractivity contribution in [2.24, 2.45) is 14.1 Å². The maximum absolute atomic E-state index is 8.98. The molecule has 2 aromatic rings. The maximum Gasteiger partial charge on any atom is 0.120 e. The number of rotatable bonds is 3. The monoisotopic (exact) mass is 269 g/mol. The third kappa shape index (κ3) is 2.23. The second-order valence-electron chi connectivity index (χ2n) is 5.45. The highest BCUT2D eigenvalue weighted by Gasteiger charge is 2.22. The van der Waals surface area contributed by atoms with Crippen LogP contribution < -0.4 is 5.32 Å². The summed E-state index contributed by atoms with van der Waals surface area (Å²) < 4.78 is 3.85. The number of fused-ring (bicyclic) bond motifs is 1. The second-order valence-corrected chi connectivity index (χ2v) is 5.45. The second kappa shape index (κ2) is 5.14. The molecule has 0 aliphatic heterocycles. The molecule has 0 saturated heterocycles. The molecular formula is C15H19N5. The number of aryl methyl sites for hydroxylation is 2. The van der Waals surface area contributed by atoms with Crippen LogP contribution in [-0.4, -0.2) is 14.3 Å². The molecule has 0 radical (unpaired) electrons. The Morgan fingerprint density at radius 2 is 2.35 bits per heavy atom. The summed E-state index contributed by atoms with van der Waals surface area (Å²) in [6.45, 7) is 0.786. The Balaban J connectivity index is 1.71. The summed E-state index contributed by atoms with van der Waals surface area (Å²) in [4.78, 5) is 0. The Kier molecular flexibility index (Phi) is 3.33. The molecule has 0 amide bonds. The van der Waals surface area contributed by atoms with Crippen molar-refractivity contribution in [1.82, 2.24) is 19.7 Å². The Hall–Kier alpha value is -2.06. The highest BCUT2D eigenvalue weighted by atomic mass is 15.3. The van der Waals surface area contributed by atoms with Crippen molar-refractivity contribution in [3.8, 4) is 6.07 Å². The van der Waals surface area contributed by atoms with E-state index < -0.39 is 0 Å². The van der Waals surface area contributed by atoms with E-state index in [2.05, 4.69) is 16.5 Å². The molecule has 1 aliphatic carbocycles. The van der Waals surface area contributed by atoms with Gasteiger partial charge in [-0.15, -0.1) is 0 Å². The van der Waals surface area contributed by atoms with Crippen LogP contribution in [-0.2, 0) is 27.1 Å². The molecule has 2 heterocycles. The fourth-order valence-electron chi connectivity index (χ4n) is 3.00. The average molecular weight is 269 g/mol. The quantitative estimate of drug-likeness (QED) is 0.924. The van der Waals surface area contributed by atoms with Gasteiger partial charge in [0.05, 0.1) is 6.20 Å². The van der Waals surface area contributed by atoms with Gasteiger partial charge in [-0.1, -0.05) is 0 Å². The molecule has 0 aromatic carbocycles. The molecule has 5 heteroatoms. The Bertz CT molecular complexity index is 658. The minimum Gasteiger partial charge on any atom is -0.342 e. The van der Waals surface area contributed by atoms with Crippen molar-refractivity contribution in [2.45, 2.75) is 31.8 Å². The average Bonchev–Trinajstić information content (AvgIpc) is 3.00. The molecule has 2 aromatic heterocycles. The molecule has 3 rings (SSSR count). The number of hydrogen-bond donors (Lipinski definition) is 1. The molecule has 0 fully saturated rings. The topological polar surface area (TPSA) is 58.6 Å². The van der Waals surface area contributed by atoms with Gasteiger partial charge in [0.1, 0.15) is 11.8 Å². The van der Waals surface area contributed by atoms with Gasteiger partial charge >= 0.3 is 0 Å². The van der Waals surface area contributed by atoms with Crippen LogP contribution in [0.5, 0.6) is 0 Å². The van der Waals surface area contributed by atoms with E-state index in [9.17, 15) is 0 Å². The van der Waals surface area contributed by atoms with Crippen molar-refractivity contribution in [1.29, 1.82) is 5.26 Å². The maximum atomic E-state index is 8.98. The summed E-state index contributed by atoms with van der Waals surface area (Å²) in [6.07, 6.45) is 7.46. The summed E-state index contributed by atoms with van der Waals surface area (Å²) in [6, 6.07) is 4.51. The minimum atomic E-state index is 0.373. The normalized spacial score (nSPS) is 17.8. The number of nitriles is 1. The lowest BCUT2D eigenvalue weighted by Crippen LogP contribution is -2.24. The number of nitrogens with zero attached hydrogens (tertiary/aromatic N) is 4. The van der Waals surface area contributed by atoms with E-state index >= 15 is 0 Å². The van der Waals surface area contributed by atoms with E-state index in [0.717, 1.165) is 24.9 Å². The van der Waals surface area contributed by atoms with Crippen LogP contribution in [0, 0.1) is 11.3 Å². The van der Waals surface area contributed by atoms with E-state index in [1.54, 1.807) is 0 Å². The van der Waals surface area contributed by atoms with Gasteiger partial charge in [-0.3, -0.25) is 4.68 Å². The van der Waals surface area contributed by atoms with Gasteiger partial charge in [0, 0.05) is 44.1 Å². The zero-order valence-electron chi connectivity index (χ0n) is 11.9. The predicted octanol–water partition coefficient (Wildman–Crippen LogP) is 1.80. The first-order valence-corrected chi connectivity index (χ1v) is 6.98. The van der Waals surface area contributed by atoms with Crippen LogP contribution in [0.15, 0.2) is 18.5 Å². The van der Waals surface area contributed by atoms with Crippen molar-refractivity contribution < 1.29 is 0 Å². The number of nitrogens with one attached hydrogen (secondary N) is 1. The lowest BCUT2D eigenvalue weighted by Gasteiger charge is -2.23. The largest absolute Gasteiger partial charge is 0.342 e. The molecule has 0 saturated carbocycles. The van der Waals surface area contributed by atoms with Gasteiger partial charge in [0.15, 0.2) is 0 Å². The molecule has 1 N–H and O–H groups in total. The van der Waals surface area contributed by atoms with Crippen LogP contribution >= 0.6 is 0 Å². The van der Waals surface area contributed by atoms with E-state index in [4.69, 9.17) is 5.26 Å². The van der Waals surface area contributed by atoms with Gasteiger partial charge in [-0.05, 0) is 30.9 Å². The lowest BCUT2D eigenvalue weighted by molar-refractivity contribution is 0.452. The van der Waals surface area contributed by atoms with E-state index in [1.165, 1.54) is 17.7 Å². The van der Waals surface area contributed by atoms with Gasteiger partial charge < -0.3 is 9.88 Å². The first kappa shape index (κ1) is 12.9. The van der Waals surface area contributed by atoms with Crippen LogP contribution in [0.1, 0.15) is 41.4 Å². The van der Waals surface area contributed by atoms with Gasteiger partial charge in [0.2, 0.25) is 0 Å². The minimum absolute atomic E-state index is 0.373. The van der Waals surface area contributed by atoms with Crippen molar-refractivity contribution in [2.75, 3.05) is 0 Å². The zero-order valence-corrected chi connectivity index (χ0v) is 11.9. The van der Waals surface area contributed by atoms with E-state index in [1.807, 2.05) is 41.8 Å². The first-order chi connectivity index (χ1) is 9.69. The fraction of sp³-hybridized carbons (Fsp3) is 0.467. The van der Waals surface area contributed by atoms with Gasteiger partial charge in [0.25, 0.3) is 0 Å². The fourth-order valence-corrected chi connectivity index (χ4v) is 3.00. The molecule has 5 nitrogen and oxygen atoms in total. The van der Waals surface area contributed by atoms with Gasteiger partial charge in [-0.25, -0.2) is 0 Å². The van der Waals surface area contributed by atoms with Gasteiger partial charge in [-0.2, -0.15) is 10.4 Å². The summed E-state index contributed by atoms with van der Waals surface area (Å²) in [5.74, 6) is 0. The summed E-state index contributed by atoms with van der Waals surface area (Å²) >= 11 is 0. The molecule has 0 bridgehead atoms. The smallest absolute Gasteiger partial charge is 0.120 e. The Morgan fingerprint density at radius 1 is 1.50 bits per heavy atom. The van der Waals surface area contributed by atoms with Crippen LogP contribution in [0.3, 0.4) is 0 Å². The first-order valence-electron chi connectivity index (χ1n) is 6.98. The Labute approximate surface area is 118 Å². The number of hydrogen-bond acceptors (Lipinski definition) is 3. The predicted molar refractivity (Wildman–Crippen MR) is 75.9 cm³/mol. The van der Waals surface area contributed by atoms with Crippen molar-refractivity contribution in [3.05, 3.63) is 41.0 Å². The molecular weight excluding hydrogens is 250 g/mol.